The second-order valence-corrected chi connectivity index (χ2v) is 17.3. The molecule has 8 rings (SSSR count). The first-order valence-corrected chi connectivity index (χ1v) is 21.3. The number of alkyl halides is 4. The minimum atomic E-state index is -2.71. The van der Waals surface area contributed by atoms with E-state index in [0.717, 1.165) is 57.1 Å². The molecular formula is C45H57F6KN4O7. The molecule has 2 aromatic carbocycles. The van der Waals surface area contributed by atoms with E-state index in [2.05, 4.69) is 37.7 Å². The van der Waals surface area contributed by atoms with Gasteiger partial charge in [0.25, 0.3) is 0 Å². The van der Waals surface area contributed by atoms with Gasteiger partial charge >= 0.3 is 76.5 Å². The van der Waals surface area contributed by atoms with E-state index in [0.29, 0.717) is 83.2 Å². The average molecular weight is 919 g/mol. The van der Waals surface area contributed by atoms with Gasteiger partial charge in [0, 0.05) is 72.5 Å². The molecule has 2 aromatic heterocycles. The molecule has 4 fully saturated rings. The van der Waals surface area contributed by atoms with Gasteiger partial charge in [-0.2, -0.15) is 17.6 Å². The van der Waals surface area contributed by atoms with E-state index in [9.17, 15) is 41.0 Å². The third-order valence-electron chi connectivity index (χ3n) is 14.1. The van der Waals surface area contributed by atoms with Crippen molar-refractivity contribution in [2.45, 2.75) is 129 Å². The summed E-state index contributed by atoms with van der Waals surface area (Å²) in [7, 11) is 1.35. The number of halogens is 6. The molecule has 2 saturated heterocycles. The predicted octanol–water partition coefficient (Wildman–Crippen LogP) is 6.58. The summed E-state index contributed by atoms with van der Waals surface area (Å²) >= 11 is 0. The van der Waals surface area contributed by atoms with E-state index in [1.807, 2.05) is 11.5 Å². The van der Waals surface area contributed by atoms with E-state index in [-0.39, 0.29) is 98.4 Å². The number of fused-ring (bicyclic) bond motifs is 2. The molecule has 4 heterocycles. The van der Waals surface area contributed by atoms with E-state index in [4.69, 9.17) is 4.74 Å². The average Bonchev–Trinajstić information content (AvgIpc) is 3.65. The molecule has 2 N–H and O–H groups in total. The topological polar surface area (TPSA) is 128 Å². The van der Waals surface area contributed by atoms with Crippen molar-refractivity contribution in [3.8, 4) is 0 Å². The number of carbonyl (C=O) groups excluding carboxylic acids is 1. The monoisotopic (exact) mass is 918 g/mol. The number of carboxylic acid groups (broad SMARTS) is 1. The number of likely N-dealkylation sites (tertiary alicyclic amines) is 2. The van der Waals surface area contributed by atoms with Crippen LogP contribution in [0.2, 0.25) is 0 Å². The molecule has 2 saturated carbocycles. The first-order valence-electron chi connectivity index (χ1n) is 21.3. The molecule has 0 radical (unpaired) electrons. The molecule has 63 heavy (non-hydrogen) atoms. The standard InChI is InChI=1S/C23H29F3N2O3.C22H27F3N2O3.K.H2O/c1-13(15-4-7-17(8-5-15)27-11-18(12-27)31-23(25)26)28-14(2)21(22(29)30-3)19-9-6-16(24)10-20(19)28;1-12(14-3-6-16(7-4-14)26-10-17(11-26)30-22(24)25)27-13(2)20(21(28)29)18-8-5-15(23)9-19(18)27;;/h6,9-10,13,15,17-18,23H,4-5,7-8,11-12H2,1-3H3;5,8-9,12,14,16-17,22H,3-4,6-7,10-11H2,1-2H3,(H,28,29);;1H2/q;;+1;/p-1/t13-,15?,17?;12-,14?,16?;;/m11../s1. The first kappa shape index (κ1) is 51.5. The largest absolute Gasteiger partial charge is 1.00 e. The number of rotatable bonds is 12. The van der Waals surface area contributed by atoms with Gasteiger partial charge in [0.05, 0.1) is 41.5 Å². The van der Waals surface area contributed by atoms with Gasteiger partial charge in [0.1, 0.15) is 11.6 Å². The summed E-state index contributed by atoms with van der Waals surface area (Å²) in [6.07, 6.45) is 7.08. The van der Waals surface area contributed by atoms with Crippen LogP contribution >= 0.6 is 0 Å². The van der Waals surface area contributed by atoms with Gasteiger partial charge in [0.2, 0.25) is 0 Å². The van der Waals surface area contributed by atoms with Gasteiger partial charge in [0.15, 0.2) is 0 Å². The van der Waals surface area contributed by atoms with Crippen molar-refractivity contribution in [2.75, 3.05) is 33.3 Å². The zero-order valence-corrected chi connectivity index (χ0v) is 39.8. The third-order valence-corrected chi connectivity index (χ3v) is 14.1. The molecule has 0 bridgehead atoms. The molecule has 11 nitrogen and oxygen atoms in total. The van der Waals surface area contributed by atoms with Crippen molar-refractivity contribution >= 4 is 33.7 Å². The number of hydrogen-bond acceptors (Lipinski definition) is 8. The molecule has 0 unspecified atom stereocenters. The normalized spacial score (nSPS) is 23.3. The van der Waals surface area contributed by atoms with Crippen LogP contribution in [-0.2, 0) is 14.2 Å². The Morgan fingerprint density at radius 2 is 1.02 bits per heavy atom. The van der Waals surface area contributed by atoms with Crippen molar-refractivity contribution in [3.63, 3.8) is 0 Å². The van der Waals surface area contributed by atoms with Crippen LogP contribution < -0.4 is 51.4 Å². The van der Waals surface area contributed by atoms with Crippen LogP contribution in [0.15, 0.2) is 36.4 Å². The van der Waals surface area contributed by atoms with Crippen LogP contribution in [0.3, 0.4) is 0 Å². The molecule has 2 aliphatic carbocycles. The maximum Gasteiger partial charge on any atom is 1.00 e. The predicted molar refractivity (Wildman–Crippen MR) is 219 cm³/mol. The molecule has 4 aliphatic rings. The first-order chi connectivity index (χ1) is 29.1. The molecule has 2 aliphatic heterocycles. The molecular weight excluding hydrogens is 862 g/mol. The van der Waals surface area contributed by atoms with E-state index < -0.39 is 25.2 Å². The van der Waals surface area contributed by atoms with Crippen molar-refractivity contribution in [1.82, 2.24) is 18.9 Å². The van der Waals surface area contributed by atoms with E-state index in [1.165, 1.54) is 31.4 Å². The van der Waals surface area contributed by atoms with Gasteiger partial charge < -0.3 is 33.9 Å². The Hall–Kier alpha value is -2.52. The maximum atomic E-state index is 14.1. The summed E-state index contributed by atoms with van der Waals surface area (Å²) in [5.74, 6) is -1.41. The van der Waals surface area contributed by atoms with Crippen LogP contribution in [0.1, 0.15) is 109 Å². The molecule has 0 amide bonds. The van der Waals surface area contributed by atoms with Crippen LogP contribution in [-0.4, -0.2) is 112 Å². The fourth-order valence-electron chi connectivity index (χ4n) is 10.8. The number of aromatic carboxylic acids is 1. The third kappa shape index (κ3) is 11.0. The van der Waals surface area contributed by atoms with Crippen LogP contribution in [0.4, 0.5) is 26.3 Å². The Kier molecular flexibility index (Phi) is 17.8. The van der Waals surface area contributed by atoms with Gasteiger partial charge in [-0.05, 0) is 127 Å². The Bertz CT molecular complexity index is 2200. The van der Waals surface area contributed by atoms with Crippen molar-refractivity contribution < 1.29 is 112 Å². The number of aromatic nitrogens is 2. The Labute approximate surface area is 406 Å². The van der Waals surface area contributed by atoms with Crippen molar-refractivity contribution in [3.05, 3.63) is 70.5 Å². The Morgan fingerprint density at radius 3 is 1.37 bits per heavy atom. The minimum Gasteiger partial charge on any atom is -0.870 e. The molecule has 0 spiro atoms. The second kappa shape index (κ2) is 21.9. The molecule has 342 valence electrons. The number of ether oxygens (including phenoxy) is 3. The number of benzene rings is 2. The number of nitrogens with zero attached hydrogens (tertiary/aromatic N) is 4. The number of methoxy groups -OCH3 is 1. The Balaban J connectivity index is 0.000000230. The molecule has 18 heteroatoms. The number of carbonyl (C=O) groups is 2. The fourth-order valence-corrected chi connectivity index (χ4v) is 10.8. The summed E-state index contributed by atoms with van der Waals surface area (Å²) in [5, 5.41) is 10.9. The van der Waals surface area contributed by atoms with E-state index in [1.54, 1.807) is 19.1 Å². The number of carboxylic acids is 1. The van der Waals surface area contributed by atoms with E-state index >= 15 is 0 Å². The van der Waals surface area contributed by atoms with Gasteiger partial charge in [-0.1, -0.05) is 0 Å². The molecule has 4 aromatic rings. The quantitative estimate of drug-likeness (QED) is 0.0954. The van der Waals surface area contributed by atoms with Crippen LogP contribution in [0.5, 0.6) is 0 Å². The molecule has 2 atom stereocenters. The van der Waals surface area contributed by atoms with Gasteiger partial charge in [-0.25, -0.2) is 18.4 Å². The smallest absolute Gasteiger partial charge is 0.870 e. The Morgan fingerprint density at radius 1 is 0.651 bits per heavy atom. The maximum absolute atomic E-state index is 14.1. The van der Waals surface area contributed by atoms with Crippen LogP contribution in [0, 0.1) is 37.3 Å². The summed E-state index contributed by atoms with van der Waals surface area (Å²) in [6, 6.07) is 9.66. The van der Waals surface area contributed by atoms with Gasteiger partial charge in [-0.15, -0.1) is 0 Å². The van der Waals surface area contributed by atoms with Gasteiger partial charge in [-0.3, -0.25) is 9.80 Å². The number of hydrogen-bond donors (Lipinski definition) is 1. The summed E-state index contributed by atoms with van der Waals surface area (Å²) in [4.78, 5) is 28.7. The summed E-state index contributed by atoms with van der Waals surface area (Å²) in [5.41, 5.74) is 3.49. The zero-order valence-electron chi connectivity index (χ0n) is 36.7. The van der Waals surface area contributed by atoms with Crippen molar-refractivity contribution in [1.29, 1.82) is 0 Å². The minimum absolute atomic E-state index is 0. The summed E-state index contributed by atoms with van der Waals surface area (Å²) in [6.45, 7) is 4.69. The van der Waals surface area contributed by atoms with Crippen LogP contribution in [0.25, 0.3) is 21.8 Å². The zero-order chi connectivity index (χ0) is 43.9. The fraction of sp³-hybridized carbons (Fsp3) is 0.600. The SMILES string of the molecule is COC(=O)c1c(C)n([C@H](C)C2CCC(N3CC(OC(F)F)C3)CC2)c2cc(F)ccc12.Cc1c(C(=O)O)c2ccc(F)cc2n1[C@H](C)C1CCC(N2CC(OC(F)F)C2)CC1.[K+].[OH-]. The van der Waals surface area contributed by atoms with Crippen molar-refractivity contribution in [2.24, 2.45) is 11.8 Å². The second-order valence-electron chi connectivity index (χ2n) is 17.3. The number of esters is 1. The summed E-state index contributed by atoms with van der Waals surface area (Å²) < 4.78 is 95.4.